The summed E-state index contributed by atoms with van der Waals surface area (Å²) in [5, 5.41) is 17.9. The van der Waals surface area contributed by atoms with Crippen molar-refractivity contribution in [2.45, 2.75) is 11.4 Å². The summed E-state index contributed by atoms with van der Waals surface area (Å²) in [4.78, 5) is 27.9. The van der Waals surface area contributed by atoms with Gasteiger partial charge in [-0.25, -0.2) is 9.67 Å². The Balaban J connectivity index is 1.69. The van der Waals surface area contributed by atoms with E-state index in [4.69, 9.17) is 4.74 Å². The molecule has 0 aliphatic rings. The molecule has 0 fully saturated rings. The number of thioether (sulfide) groups is 1. The number of ether oxygens (including phenoxy) is 1. The smallest absolute Gasteiger partial charge is 0.282 e. The van der Waals surface area contributed by atoms with Gasteiger partial charge in [0, 0.05) is 22.7 Å². The number of nitrogens with zero attached hydrogens (tertiary/aromatic N) is 4. The van der Waals surface area contributed by atoms with Gasteiger partial charge in [0.05, 0.1) is 11.5 Å². The van der Waals surface area contributed by atoms with E-state index in [1.54, 1.807) is 41.3 Å². The second kappa shape index (κ2) is 9.00. The summed E-state index contributed by atoms with van der Waals surface area (Å²) in [7, 11) is 0. The average molecular weight is 399 g/mol. The van der Waals surface area contributed by atoms with Gasteiger partial charge < -0.3 is 10.1 Å². The zero-order valence-electron chi connectivity index (χ0n) is 14.9. The molecule has 0 saturated carbocycles. The molecule has 0 saturated heterocycles. The van der Waals surface area contributed by atoms with Crippen molar-refractivity contribution in [3.8, 4) is 5.75 Å². The number of carbonyl (C=O) groups excluding carboxylic acids is 1. The molecule has 2 aromatic carbocycles. The molecule has 0 atom stereocenters. The highest BCUT2D eigenvalue weighted by atomic mass is 32.2. The van der Waals surface area contributed by atoms with E-state index in [9.17, 15) is 14.9 Å². The third-order valence-electron chi connectivity index (χ3n) is 3.79. The Hall–Kier alpha value is -3.40. The standard InChI is InChI=1S/C18H17N5O4S/c1-28-15-5-6-17(23(25)26)16(10-15)18(24)21-13-3-2-4-14(9-13)27-8-7-22-12-19-11-20-22/h2-6,9-12H,7-8H2,1H3,(H,21,24). The summed E-state index contributed by atoms with van der Waals surface area (Å²) in [6.45, 7) is 0.909. The Morgan fingerprint density at radius 3 is 2.89 bits per heavy atom. The summed E-state index contributed by atoms with van der Waals surface area (Å²) in [6.07, 6.45) is 4.87. The number of carbonyl (C=O) groups is 1. The molecule has 0 unspecified atom stereocenters. The molecule has 0 aliphatic heterocycles. The van der Waals surface area contributed by atoms with Gasteiger partial charge in [0.1, 0.15) is 30.6 Å². The number of anilines is 1. The first kappa shape index (κ1) is 19.4. The molecule has 0 aliphatic carbocycles. The Kier molecular flexibility index (Phi) is 6.22. The molecule has 1 heterocycles. The topological polar surface area (TPSA) is 112 Å². The van der Waals surface area contributed by atoms with Gasteiger partial charge in [-0.15, -0.1) is 11.8 Å². The van der Waals surface area contributed by atoms with E-state index in [0.717, 1.165) is 4.90 Å². The summed E-state index contributed by atoms with van der Waals surface area (Å²) in [5.41, 5.74) is 0.247. The van der Waals surface area contributed by atoms with Gasteiger partial charge in [0.25, 0.3) is 11.6 Å². The first-order chi connectivity index (χ1) is 13.6. The van der Waals surface area contributed by atoms with Crippen LogP contribution >= 0.6 is 11.8 Å². The number of nitro groups is 1. The second-order valence-electron chi connectivity index (χ2n) is 5.63. The van der Waals surface area contributed by atoms with Gasteiger partial charge in [0.2, 0.25) is 0 Å². The van der Waals surface area contributed by atoms with Gasteiger partial charge >= 0.3 is 0 Å². The molecule has 9 nitrogen and oxygen atoms in total. The van der Waals surface area contributed by atoms with Crippen molar-refractivity contribution in [1.29, 1.82) is 0 Å². The monoisotopic (exact) mass is 399 g/mol. The number of rotatable bonds is 8. The average Bonchev–Trinajstić information content (AvgIpc) is 3.21. The molecule has 1 N–H and O–H groups in total. The Labute approximate surface area is 164 Å². The molecule has 10 heteroatoms. The van der Waals surface area contributed by atoms with Crippen LogP contribution in [-0.2, 0) is 6.54 Å². The molecule has 1 amide bonds. The van der Waals surface area contributed by atoms with Crippen LogP contribution in [0.5, 0.6) is 5.75 Å². The minimum Gasteiger partial charge on any atom is -0.492 e. The van der Waals surface area contributed by atoms with Crippen molar-refractivity contribution in [2.24, 2.45) is 0 Å². The van der Waals surface area contributed by atoms with Crippen LogP contribution in [-0.4, -0.2) is 38.5 Å². The Morgan fingerprint density at radius 2 is 2.18 bits per heavy atom. The molecular formula is C18H17N5O4S. The molecule has 0 bridgehead atoms. The Bertz CT molecular complexity index is 978. The van der Waals surface area contributed by atoms with E-state index in [-0.39, 0.29) is 11.3 Å². The molecule has 3 aromatic rings. The first-order valence-corrected chi connectivity index (χ1v) is 9.48. The highest BCUT2D eigenvalue weighted by molar-refractivity contribution is 7.98. The van der Waals surface area contributed by atoms with Crippen LogP contribution in [0.15, 0.2) is 60.0 Å². The summed E-state index contributed by atoms with van der Waals surface area (Å²) in [5.74, 6) is 0.00708. The maximum absolute atomic E-state index is 12.6. The van der Waals surface area contributed by atoms with Crippen molar-refractivity contribution in [3.05, 3.63) is 70.8 Å². The van der Waals surface area contributed by atoms with Crippen molar-refractivity contribution in [3.63, 3.8) is 0 Å². The maximum atomic E-state index is 12.6. The molecule has 3 rings (SSSR count). The zero-order valence-corrected chi connectivity index (χ0v) is 15.8. The predicted octanol–water partition coefficient (Wildman–Crippen LogP) is 3.24. The second-order valence-corrected chi connectivity index (χ2v) is 6.51. The van der Waals surface area contributed by atoms with E-state index >= 15 is 0 Å². The summed E-state index contributed by atoms with van der Waals surface area (Å²) < 4.78 is 7.30. The van der Waals surface area contributed by atoms with Crippen LogP contribution < -0.4 is 10.1 Å². The van der Waals surface area contributed by atoms with Gasteiger partial charge in [-0.2, -0.15) is 5.10 Å². The van der Waals surface area contributed by atoms with Gasteiger partial charge in [-0.05, 0) is 30.5 Å². The van der Waals surface area contributed by atoms with Crippen molar-refractivity contribution < 1.29 is 14.5 Å². The van der Waals surface area contributed by atoms with Crippen LogP contribution in [0.2, 0.25) is 0 Å². The van der Waals surface area contributed by atoms with E-state index < -0.39 is 10.8 Å². The lowest BCUT2D eigenvalue weighted by Crippen LogP contribution is -2.14. The quantitative estimate of drug-likeness (QED) is 0.351. The number of hydrogen-bond acceptors (Lipinski definition) is 7. The minimum atomic E-state index is -0.567. The number of nitrogens with one attached hydrogen (secondary N) is 1. The lowest BCUT2D eigenvalue weighted by Gasteiger charge is -2.10. The normalized spacial score (nSPS) is 10.5. The fraction of sp³-hybridized carbons (Fsp3) is 0.167. The fourth-order valence-corrected chi connectivity index (χ4v) is 2.89. The Morgan fingerprint density at radius 1 is 1.32 bits per heavy atom. The van der Waals surface area contributed by atoms with Crippen LogP contribution in [0.1, 0.15) is 10.4 Å². The molecule has 1 aromatic heterocycles. The maximum Gasteiger partial charge on any atom is 0.282 e. The number of nitro benzene ring substituents is 1. The highest BCUT2D eigenvalue weighted by Gasteiger charge is 2.21. The van der Waals surface area contributed by atoms with Gasteiger partial charge in [-0.3, -0.25) is 14.9 Å². The lowest BCUT2D eigenvalue weighted by atomic mass is 10.1. The number of hydrogen-bond donors (Lipinski definition) is 1. The van der Waals surface area contributed by atoms with Gasteiger partial charge in [0.15, 0.2) is 0 Å². The van der Waals surface area contributed by atoms with E-state index in [1.807, 2.05) is 6.26 Å². The fourth-order valence-electron chi connectivity index (χ4n) is 2.45. The third-order valence-corrected chi connectivity index (χ3v) is 4.52. The third kappa shape index (κ3) is 4.86. The number of amides is 1. The molecule has 28 heavy (non-hydrogen) atoms. The van der Waals surface area contributed by atoms with Crippen molar-refractivity contribution in [2.75, 3.05) is 18.2 Å². The molecule has 144 valence electrons. The first-order valence-electron chi connectivity index (χ1n) is 8.26. The van der Waals surface area contributed by atoms with Gasteiger partial charge in [-0.1, -0.05) is 6.07 Å². The number of aromatic nitrogens is 3. The van der Waals surface area contributed by atoms with Crippen LogP contribution in [0.4, 0.5) is 11.4 Å². The zero-order chi connectivity index (χ0) is 19.9. The highest BCUT2D eigenvalue weighted by Crippen LogP contribution is 2.26. The van der Waals surface area contributed by atoms with Crippen LogP contribution in [0.25, 0.3) is 0 Å². The molecular weight excluding hydrogens is 382 g/mol. The van der Waals surface area contributed by atoms with Crippen molar-refractivity contribution in [1.82, 2.24) is 14.8 Å². The lowest BCUT2D eigenvalue weighted by molar-refractivity contribution is -0.385. The van der Waals surface area contributed by atoms with E-state index in [0.29, 0.717) is 24.6 Å². The van der Waals surface area contributed by atoms with Crippen molar-refractivity contribution >= 4 is 29.0 Å². The summed E-state index contributed by atoms with van der Waals surface area (Å²) in [6, 6.07) is 11.3. The molecule has 0 spiro atoms. The largest absolute Gasteiger partial charge is 0.492 e. The predicted molar refractivity (Wildman–Crippen MR) is 105 cm³/mol. The van der Waals surface area contributed by atoms with Crippen LogP contribution in [0, 0.1) is 10.1 Å². The number of benzene rings is 2. The van der Waals surface area contributed by atoms with Crippen LogP contribution in [0.3, 0.4) is 0 Å². The minimum absolute atomic E-state index is 0.00866. The van der Waals surface area contributed by atoms with E-state index in [2.05, 4.69) is 15.4 Å². The molecule has 0 radical (unpaired) electrons. The van der Waals surface area contributed by atoms with E-state index in [1.165, 1.54) is 30.2 Å². The summed E-state index contributed by atoms with van der Waals surface area (Å²) >= 11 is 1.40. The SMILES string of the molecule is CSc1ccc([N+](=O)[O-])c(C(=O)Nc2cccc(OCCn3cncn3)c2)c1.